The second kappa shape index (κ2) is 4.93. The molecule has 1 aromatic heterocycles. The second-order valence-electron chi connectivity index (χ2n) is 4.80. The normalized spacial score (nSPS) is 17.5. The zero-order valence-corrected chi connectivity index (χ0v) is 10.4. The van der Waals surface area contributed by atoms with E-state index in [-0.39, 0.29) is 0 Å². The molecule has 1 atom stereocenters. The lowest BCUT2D eigenvalue weighted by atomic mass is 10.1. The Hall–Kier alpha value is -0.940. The summed E-state index contributed by atoms with van der Waals surface area (Å²) in [6, 6.07) is 0.441. The molecule has 2 heterocycles. The quantitative estimate of drug-likeness (QED) is 0.804. The fourth-order valence-electron chi connectivity index (χ4n) is 2.08. The minimum Gasteiger partial charge on any atom is -0.311 e. The third-order valence-corrected chi connectivity index (χ3v) is 3.11. The third kappa shape index (κ3) is 2.41. The number of hydrogen-bond acceptors (Lipinski definition) is 4. The molecule has 0 aliphatic carbocycles. The highest BCUT2D eigenvalue weighted by molar-refractivity contribution is 5.13. The maximum Gasteiger partial charge on any atom is 0.0997 e. The summed E-state index contributed by atoms with van der Waals surface area (Å²) in [5.41, 5.74) is 2.45. The molecule has 0 spiro atoms. The van der Waals surface area contributed by atoms with Crippen LogP contribution >= 0.6 is 0 Å². The van der Waals surface area contributed by atoms with Crippen LogP contribution in [0.1, 0.15) is 30.8 Å². The van der Waals surface area contributed by atoms with E-state index in [9.17, 15) is 0 Å². The van der Waals surface area contributed by atoms with E-state index < -0.39 is 0 Å². The number of nitrogens with one attached hydrogen (secondary N) is 1. The van der Waals surface area contributed by atoms with Crippen molar-refractivity contribution in [2.45, 2.75) is 32.4 Å². The topological polar surface area (TPSA) is 46.0 Å². The molecule has 1 unspecified atom stereocenters. The first-order chi connectivity index (χ1) is 7.68. The van der Waals surface area contributed by atoms with E-state index in [4.69, 9.17) is 0 Å². The van der Waals surface area contributed by atoms with Crippen LogP contribution < -0.4 is 5.32 Å². The van der Waals surface area contributed by atoms with Crippen LogP contribution in [0.25, 0.3) is 0 Å². The van der Waals surface area contributed by atoms with Gasteiger partial charge in [-0.05, 0) is 34.0 Å². The molecule has 1 N–H and O–H groups in total. The molecule has 16 heavy (non-hydrogen) atoms. The first-order valence-electron chi connectivity index (χ1n) is 5.97. The predicted molar refractivity (Wildman–Crippen MR) is 63.3 cm³/mol. The van der Waals surface area contributed by atoms with E-state index in [0.29, 0.717) is 6.04 Å². The van der Waals surface area contributed by atoms with Gasteiger partial charge in [0.2, 0.25) is 0 Å². The molecule has 0 amide bonds. The average molecular weight is 223 g/mol. The van der Waals surface area contributed by atoms with Crippen LogP contribution in [0.3, 0.4) is 0 Å². The summed E-state index contributed by atoms with van der Waals surface area (Å²) in [6.07, 6.45) is 2.17. The molecule has 0 radical (unpaired) electrons. The fourth-order valence-corrected chi connectivity index (χ4v) is 2.08. The Morgan fingerprint density at radius 3 is 3.06 bits per heavy atom. The van der Waals surface area contributed by atoms with Crippen LogP contribution in [-0.4, -0.2) is 47.1 Å². The number of nitrogens with zero attached hydrogens (tertiary/aromatic N) is 4. The van der Waals surface area contributed by atoms with Crippen LogP contribution in [0.2, 0.25) is 0 Å². The van der Waals surface area contributed by atoms with Gasteiger partial charge in [-0.1, -0.05) is 5.21 Å². The minimum atomic E-state index is 0.441. The number of aromatic nitrogens is 3. The van der Waals surface area contributed by atoms with Gasteiger partial charge in [0.05, 0.1) is 17.4 Å². The highest BCUT2D eigenvalue weighted by Gasteiger charge is 2.19. The maximum atomic E-state index is 4.28. The maximum absolute atomic E-state index is 4.28. The van der Waals surface area contributed by atoms with Crippen molar-refractivity contribution in [3.8, 4) is 0 Å². The largest absolute Gasteiger partial charge is 0.311 e. The van der Waals surface area contributed by atoms with Crippen LogP contribution in [0, 0.1) is 0 Å². The Labute approximate surface area is 96.8 Å². The Morgan fingerprint density at radius 1 is 1.50 bits per heavy atom. The van der Waals surface area contributed by atoms with Crippen LogP contribution in [0.5, 0.6) is 0 Å². The molecule has 5 nitrogen and oxygen atoms in total. The van der Waals surface area contributed by atoms with Gasteiger partial charge in [0.25, 0.3) is 0 Å². The highest BCUT2D eigenvalue weighted by Crippen LogP contribution is 2.17. The Morgan fingerprint density at radius 2 is 2.31 bits per heavy atom. The molecule has 0 saturated heterocycles. The molecule has 0 aromatic carbocycles. The average Bonchev–Trinajstić information content (AvgIpc) is 2.69. The van der Waals surface area contributed by atoms with Gasteiger partial charge in [-0.25, -0.2) is 4.68 Å². The Bertz CT molecular complexity index is 344. The summed E-state index contributed by atoms with van der Waals surface area (Å²) in [6.45, 7) is 5.23. The van der Waals surface area contributed by atoms with Crippen molar-refractivity contribution in [2.24, 2.45) is 0 Å². The summed E-state index contributed by atoms with van der Waals surface area (Å²) in [5, 5.41) is 11.8. The van der Waals surface area contributed by atoms with Crippen molar-refractivity contribution in [2.75, 3.05) is 27.2 Å². The first kappa shape index (κ1) is 11.5. The van der Waals surface area contributed by atoms with Gasteiger partial charge in [-0.15, -0.1) is 5.10 Å². The molecule has 90 valence electrons. The lowest BCUT2D eigenvalue weighted by molar-refractivity contribution is 0.338. The number of hydrogen-bond donors (Lipinski definition) is 1. The number of fused-ring (bicyclic) bond motifs is 1. The van der Waals surface area contributed by atoms with Gasteiger partial charge < -0.3 is 10.2 Å². The lowest BCUT2D eigenvalue weighted by Gasteiger charge is -2.19. The zero-order chi connectivity index (χ0) is 11.5. The molecule has 1 aliphatic rings. The standard InChI is InChI=1S/C11H21N5/c1-9(5-7-15(2)3)16-11-4-6-12-8-10(11)13-14-16/h9,12H,4-8H2,1-3H3. The van der Waals surface area contributed by atoms with Gasteiger partial charge in [0.15, 0.2) is 0 Å². The van der Waals surface area contributed by atoms with Gasteiger partial charge >= 0.3 is 0 Å². The van der Waals surface area contributed by atoms with Gasteiger partial charge in [-0.3, -0.25) is 0 Å². The Balaban J connectivity index is 2.05. The smallest absolute Gasteiger partial charge is 0.0997 e. The molecule has 2 rings (SSSR count). The molecule has 1 aliphatic heterocycles. The van der Waals surface area contributed by atoms with Gasteiger partial charge in [0, 0.05) is 19.5 Å². The SMILES string of the molecule is CC(CCN(C)C)n1nnc2c1CCNC2. The van der Waals surface area contributed by atoms with Gasteiger partial charge in [0.1, 0.15) is 0 Å². The second-order valence-corrected chi connectivity index (χ2v) is 4.80. The minimum absolute atomic E-state index is 0.441. The summed E-state index contributed by atoms with van der Waals surface area (Å²) in [7, 11) is 4.21. The third-order valence-electron chi connectivity index (χ3n) is 3.11. The van der Waals surface area contributed by atoms with E-state index in [0.717, 1.165) is 38.2 Å². The van der Waals surface area contributed by atoms with E-state index in [1.807, 2.05) is 0 Å². The molecular weight excluding hydrogens is 202 g/mol. The molecule has 1 aromatic rings. The van der Waals surface area contributed by atoms with Crippen molar-refractivity contribution in [1.82, 2.24) is 25.2 Å². The highest BCUT2D eigenvalue weighted by atomic mass is 15.4. The number of rotatable bonds is 4. The molecule has 0 bridgehead atoms. The molecular formula is C11H21N5. The van der Waals surface area contributed by atoms with E-state index in [1.165, 1.54) is 5.69 Å². The van der Waals surface area contributed by atoms with Crippen LogP contribution in [-0.2, 0) is 13.0 Å². The van der Waals surface area contributed by atoms with Gasteiger partial charge in [-0.2, -0.15) is 0 Å². The van der Waals surface area contributed by atoms with Crippen LogP contribution in [0.15, 0.2) is 0 Å². The van der Waals surface area contributed by atoms with E-state index in [1.54, 1.807) is 0 Å². The summed E-state index contributed by atoms with van der Waals surface area (Å²) in [4.78, 5) is 2.21. The zero-order valence-electron chi connectivity index (χ0n) is 10.4. The van der Waals surface area contributed by atoms with Crippen molar-refractivity contribution >= 4 is 0 Å². The molecule has 5 heteroatoms. The van der Waals surface area contributed by atoms with E-state index in [2.05, 4.69) is 46.2 Å². The first-order valence-corrected chi connectivity index (χ1v) is 5.97. The molecule has 0 saturated carbocycles. The van der Waals surface area contributed by atoms with Crippen molar-refractivity contribution < 1.29 is 0 Å². The predicted octanol–water partition coefficient (Wildman–Crippen LogP) is 0.436. The van der Waals surface area contributed by atoms with Crippen molar-refractivity contribution in [3.63, 3.8) is 0 Å². The summed E-state index contributed by atoms with van der Waals surface area (Å²) in [5.74, 6) is 0. The van der Waals surface area contributed by atoms with Crippen molar-refractivity contribution in [3.05, 3.63) is 11.4 Å². The Kier molecular flexibility index (Phi) is 3.56. The van der Waals surface area contributed by atoms with Crippen LogP contribution in [0.4, 0.5) is 0 Å². The van der Waals surface area contributed by atoms with Crippen molar-refractivity contribution in [1.29, 1.82) is 0 Å². The molecule has 0 fully saturated rings. The summed E-state index contributed by atoms with van der Waals surface area (Å²) >= 11 is 0. The summed E-state index contributed by atoms with van der Waals surface area (Å²) < 4.78 is 2.11. The van der Waals surface area contributed by atoms with E-state index >= 15 is 0 Å². The lowest BCUT2D eigenvalue weighted by Crippen LogP contribution is -2.26. The monoisotopic (exact) mass is 223 g/mol. The fraction of sp³-hybridized carbons (Fsp3) is 0.818.